The van der Waals surface area contributed by atoms with Gasteiger partial charge in [0, 0.05) is 10.7 Å². The van der Waals surface area contributed by atoms with Crippen molar-refractivity contribution >= 4 is 41.6 Å². The maximum absolute atomic E-state index is 12.4. The Bertz CT molecular complexity index is 572. The number of benzene rings is 1. The number of anilines is 1. The third-order valence-corrected chi connectivity index (χ3v) is 4.50. The number of aryl methyl sites for hydroxylation is 1. The molecule has 0 radical (unpaired) electrons. The first-order chi connectivity index (χ1) is 10.4. The van der Waals surface area contributed by atoms with Crippen molar-refractivity contribution in [3.05, 3.63) is 28.8 Å². The molecule has 2 N–H and O–H groups in total. The van der Waals surface area contributed by atoms with Crippen molar-refractivity contribution in [3.8, 4) is 0 Å². The van der Waals surface area contributed by atoms with Crippen LogP contribution in [0, 0.1) is 12.8 Å². The highest BCUT2D eigenvalue weighted by molar-refractivity contribution is 6.31. The second-order valence-corrected chi connectivity index (χ2v) is 6.21. The Morgan fingerprint density at radius 3 is 2.52 bits per heavy atom. The van der Waals surface area contributed by atoms with Gasteiger partial charge in [-0.25, -0.2) is 0 Å². The number of halogens is 2. The van der Waals surface area contributed by atoms with Gasteiger partial charge in [-0.2, -0.15) is 0 Å². The number of nitrogens with zero attached hydrogens (tertiary/aromatic N) is 1. The molecule has 1 amide bonds. The van der Waals surface area contributed by atoms with E-state index in [1.807, 2.05) is 24.8 Å². The zero-order valence-electron chi connectivity index (χ0n) is 13.2. The smallest absolute Gasteiger partial charge is 0.306 e. The summed E-state index contributed by atoms with van der Waals surface area (Å²) < 4.78 is 0. The molecule has 1 heterocycles. The second kappa shape index (κ2) is 8.52. The monoisotopic (exact) mass is 360 g/mol. The zero-order valence-corrected chi connectivity index (χ0v) is 14.8. The summed E-state index contributed by atoms with van der Waals surface area (Å²) in [6.07, 6.45) is 1.17. The van der Waals surface area contributed by atoms with Gasteiger partial charge in [0.05, 0.1) is 12.0 Å². The van der Waals surface area contributed by atoms with Crippen molar-refractivity contribution in [3.63, 3.8) is 0 Å². The molecule has 128 valence electrons. The molecule has 0 spiro atoms. The van der Waals surface area contributed by atoms with Gasteiger partial charge in [-0.3, -0.25) is 14.5 Å². The van der Waals surface area contributed by atoms with Crippen LogP contribution in [0.5, 0.6) is 0 Å². The van der Waals surface area contributed by atoms with Crippen LogP contribution in [0.2, 0.25) is 5.02 Å². The van der Waals surface area contributed by atoms with Gasteiger partial charge in [0.1, 0.15) is 0 Å². The summed E-state index contributed by atoms with van der Waals surface area (Å²) in [6, 6.07) is 5.08. The summed E-state index contributed by atoms with van der Waals surface area (Å²) in [5.41, 5.74) is 1.67. The third-order valence-electron chi connectivity index (χ3n) is 4.26. The fourth-order valence-electron chi connectivity index (χ4n) is 2.67. The van der Waals surface area contributed by atoms with Crippen LogP contribution >= 0.6 is 24.0 Å². The van der Waals surface area contributed by atoms with Crippen LogP contribution in [0.4, 0.5) is 5.69 Å². The van der Waals surface area contributed by atoms with Gasteiger partial charge >= 0.3 is 5.97 Å². The quantitative estimate of drug-likeness (QED) is 0.864. The number of hydrogen-bond acceptors (Lipinski definition) is 3. The minimum absolute atomic E-state index is 0. The minimum Gasteiger partial charge on any atom is -0.481 e. The van der Waals surface area contributed by atoms with Gasteiger partial charge in [-0.1, -0.05) is 17.7 Å². The van der Waals surface area contributed by atoms with Crippen LogP contribution in [0.3, 0.4) is 0 Å². The summed E-state index contributed by atoms with van der Waals surface area (Å²) in [4.78, 5) is 25.4. The number of likely N-dealkylation sites (tertiary alicyclic amines) is 1. The third kappa shape index (κ3) is 5.09. The minimum atomic E-state index is -0.744. The fourth-order valence-corrected chi connectivity index (χ4v) is 2.84. The van der Waals surface area contributed by atoms with Gasteiger partial charge in [-0.05, 0) is 57.5 Å². The normalized spacial score (nSPS) is 17.2. The summed E-state index contributed by atoms with van der Waals surface area (Å²) in [6.45, 7) is 5.01. The van der Waals surface area contributed by atoms with Crippen molar-refractivity contribution in [1.29, 1.82) is 0 Å². The van der Waals surface area contributed by atoms with Crippen LogP contribution in [-0.2, 0) is 9.59 Å². The first kappa shape index (κ1) is 19.7. The molecule has 1 aromatic rings. The number of nitrogens with one attached hydrogen (secondary N) is 1. The summed E-state index contributed by atoms with van der Waals surface area (Å²) in [7, 11) is 0. The lowest BCUT2D eigenvalue weighted by atomic mass is 9.96. The molecule has 1 aliphatic heterocycles. The predicted octanol–water partition coefficient (Wildman–Crippen LogP) is 3.19. The highest BCUT2D eigenvalue weighted by atomic mass is 35.5. The standard InChI is InChI=1S/C16H21ClN2O3.ClH/c1-10-3-4-13(17)9-14(10)18-15(20)11(2)19-7-5-12(6-8-19)16(21)22;/h3-4,9,11-12H,5-8H2,1-2H3,(H,18,20)(H,21,22);1H. The summed E-state index contributed by atoms with van der Waals surface area (Å²) in [5, 5.41) is 12.5. The van der Waals surface area contributed by atoms with E-state index in [0.717, 1.165) is 5.56 Å². The van der Waals surface area contributed by atoms with E-state index in [0.29, 0.717) is 36.6 Å². The average Bonchev–Trinajstić information content (AvgIpc) is 2.50. The van der Waals surface area contributed by atoms with Crippen molar-refractivity contribution in [2.24, 2.45) is 5.92 Å². The van der Waals surface area contributed by atoms with E-state index in [-0.39, 0.29) is 30.3 Å². The number of piperidine rings is 1. The number of amides is 1. The molecule has 1 aliphatic rings. The Balaban J connectivity index is 0.00000264. The van der Waals surface area contributed by atoms with E-state index in [1.54, 1.807) is 12.1 Å². The summed E-state index contributed by atoms with van der Waals surface area (Å²) >= 11 is 5.96. The molecule has 1 unspecified atom stereocenters. The summed E-state index contributed by atoms with van der Waals surface area (Å²) in [5.74, 6) is -1.13. The SMILES string of the molecule is Cc1ccc(Cl)cc1NC(=O)C(C)N1CCC(C(=O)O)CC1.Cl. The Labute approximate surface area is 147 Å². The lowest BCUT2D eigenvalue weighted by molar-refractivity contribution is -0.143. The van der Waals surface area contributed by atoms with E-state index < -0.39 is 5.97 Å². The van der Waals surface area contributed by atoms with Crippen LogP contribution in [-0.4, -0.2) is 41.0 Å². The number of carboxylic acids is 1. The van der Waals surface area contributed by atoms with Crippen molar-refractivity contribution in [2.45, 2.75) is 32.7 Å². The lowest BCUT2D eigenvalue weighted by Gasteiger charge is -2.33. The van der Waals surface area contributed by atoms with E-state index in [1.165, 1.54) is 0 Å². The van der Waals surface area contributed by atoms with E-state index in [2.05, 4.69) is 5.32 Å². The van der Waals surface area contributed by atoms with Crippen LogP contribution in [0.25, 0.3) is 0 Å². The fraction of sp³-hybridized carbons (Fsp3) is 0.500. The number of hydrogen-bond donors (Lipinski definition) is 2. The first-order valence-electron chi connectivity index (χ1n) is 7.42. The number of carbonyl (C=O) groups is 2. The number of carbonyl (C=O) groups excluding carboxylic acids is 1. The van der Waals surface area contributed by atoms with Crippen molar-refractivity contribution < 1.29 is 14.7 Å². The molecule has 7 heteroatoms. The Morgan fingerprint density at radius 1 is 1.35 bits per heavy atom. The van der Waals surface area contributed by atoms with Crippen molar-refractivity contribution in [2.75, 3.05) is 18.4 Å². The first-order valence-corrected chi connectivity index (χ1v) is 7.80. The van der Waals surface area contributed by atoms with E-state index >= 15 is 0 Å². The number of rotatable bonds is 4. The molecule has 5 nitrogen and oxygen atoms in total. The van der Waals surface area contributed by atoms with Gasteiger partial charge in [-0.15, -0.1) is 12.4 Å². The van der Waals surface area contributed by atoms with Crippen LogP contribution in [0.1, 0.15) is 25.3 Å². The maximum atomic E-state index is 12.4. The molecule has 0 bridgehead atoms. The molecule has 1 fully saturated rings. The predicted molar refractivity (Wildman–Crippen MR) is 93.5 cm³/mol. The van der Waals surface area contributed by atoms with Crippen LogP contribution in [0.15, 0.2) is 18.2 Å². The largest absolute Gasteiger partial charge is 0.481 e. The second-order valence-electron chi connectivity index (χ2n) is 5.77. The Kier molecular flexibility index (Phi) is 7.32. The number of carboxylic acid groups (broad SMARTS) is 1. The van der Waals surface area contributed by atoms with Gasteiger partial charge in [0.15, 0.2) is 0 Å². The highest BCUT2D eigenvalue weighted by Crippen LogP contribution is 2.22. The topological polar surface area (TPSA) is 69.6 Å². The molecule has 1 aromatic carbocycles. The van der Waals surface area contributed by atoms with E-state index in [4.69, 9.17) is 16.7 Å². The highest BCUT2D eigenvalue weighted by Gasteiger charge is 2.29. The van der Waals surface area contributed by atoms with Crippen LogP contribution < -0.4 is 5.32 Å². The lowest BCUT2D eigenvalue weighted by Crippen LogP contribution is -2.47. The molecule has 1 saturated heterocycles. The Morgan fingerprint density at radius 2 is 1.96 bits per heavy atom. The van der Waals surface area contributed by atoms with Gasteiger partial charge in [0.25, 0.3) is 0 Å². The van der Waals surface area contributed by atoms with Gasteiger partial charge < -0.3 is 10.4 Å². The average molecular weight is 361 g/mol. The Hall–Kier alpha value is -1.30. The van der Waals surface area contributed by atoms with Gasteiger partial charge in [0.2, 0.25) is 5.91 Å². The zero-order chi connectivity index (χ0) is 16.3. The van der Waals surface area contributed by atoms with Crippen molar-refractivity contribution in [1.82, 2.24) is 4.90 Å². The molecule has 23 heavy (non-hydrogen) atoms. The number of aliphatic carboxylic acids is 1. The molecule has 0 aromatic heterocycles. The maximum Gasteiger partial charge on any atom is 0.306 e. The molecule has 2 rings (SSSR count). The molecule has 0 aliphatic carbocycles. The molecule has 1 atom stereocenters. The molecular formula is C16H22Cl2N2O3. The van der Waals surface area contributed by atoms with E-state index in [9.17, 15) is 9.59 Å². The molecular weight excluding hydrogens is 339 g/mol. The molecule has 0 saturated carbocycles.